The number of halogens is 1. The lowest BCUT2D eigenvalue weighted by molar-refractivity contribution is -0.116. The highest BCUT2D eigenvalue weighted by atomic mass is 32.1. The number of nitrogens with one attached hydrogen (secondary N) is 2. The Bertz CT molecular complexity index is 1160. The topological polar surface area (TPSA) is 62.2 Å². The number of carbonyl (C=O) groups excluding carboxylic acids is 1. The second-order valence-corrected chi connectivity index (χ2v) is 9.64. The fourth-order valence-corrected chi connectivity index (χ4v) is 5.63. The van der Waals surface area contributed by atoms with Crippen LogP contribution in [0.3, 0.4) is 0 Å². The number of pyridine rings is 1. The number of thiocarbonyl (C=S) groups is 1. The van der Waals surface area contributed by atoms with E-state index in [1.165, 1.54) is 49.9 Å². The molecule has 0 radical (unpaired) electrons. The zero-order chi connectivity index (χ0) is 24.2. The first-order valence-corrected chi connectivity index (χ1v) is 12.7. The van der Waals surface area contributed by atoms with Gasteiger partial charge in [0.25, 0.3) is 0 Å². The quantitative estimate of drug-likeness (QED) is 0.426. The molecule has 2 aromatic heterocycles. The van der Waals surface area contributed by atoms with E-state index >= 15 is 0 Å². The van der Waals surface area contributed by atoms with Gasteiger partial charge in [0.05, 0.1) is 17.8 Å². The van der Waals surface area contributed by atoms with E-state index in [-0.39, 0.29) is 30.2 Å². The summed E-state index contributed by atoms with van der Waals surface area (Å²) in [6.07, 6.45) is 10.4. The predicted octanol–water partition coefficient (Wildman–Crippen LogP) is 5.53. The molecule has 2 N–H and O–H groups in total. The van der Waals surface area contributed by atoms with Crippen LogP contribution < -0.4 is 10.6 Å². The number of hydrogen-bond donors (Lipinski definition) is 2. The molecule has 1 aliphatic heterocycles. The summed E-state index contributed by atoms with van der Waals surface area (Å²) in [4.78, 5) is 19.4. The van der Waals surface area contributed by atoms with Crippen LogP contribution in [0, 0.1) is 5.82 Å². The Balaban J connectivity index is 1.39. The SMILES string of the molecule is O=C(CCN1C(=S)NC(c2ccccn2)C1c1cccn1C1CCCCC1)Nc1ccc(F)cc1. The van der Waals surface area contributed by atoms with Gasteiger partial charge in [0.2, 0.25) is 5.91 Å². The van der Waals surface area contributed by atoms with Gasteiger partial charge in [-0.1, -0.05) is 25.3 Å². The molecule has 6 nitrogen and oxygen atoms in total. The maximum absolute atomic E-state index is 13.2. The Kier molecular flexibility index (Phi) is 7.08. The van der Waals surface area contributed by atoms with Gasteiger partial charge in [0, 0.05) is 42.8 Å². The van der Waals surface area contributed by atoms with E-state index in [1.54, 1.807) is 18.3 Å². The third kappa shape index (κ3) is 5.22. The molecule has 2 fully saturated rings. The molecule has 1 amide bonds. The van der Waals surface area contributed by atoms with E-state index in [9.17, 15) is 9.18 Å². The lowest BCUT2D eigenvalue weighted by Gasteiger charge is -2.32. The van der Waals surface area contributed by atoms with Gasteiger partial charge in [-0.3, -0.25) is 9.78 Å². The van der Waals surface area contributed by atoms with Crippen molar-refractivity contribution >= 4 is 28.9 Å². The summed E-state index contributed by atoms with van der Waals surface area (Å²) in [7, 11) is 0. The Morgan fingerprint density at radius 2 is 1.89 bits per heavy atom. The minimum atomic E-state index is -0.333. The van der Waals surface area contributed by atoms with Crippen molar-refractivity contribution in [2.75, 3.05) is 11.9 Å². The zero-order valence-electron chi connectivity index (χ0n) is 19.6. The van der Waals surface area contributed by atoms with Crippen LogP contribution in [-0.4, -0.2) is 32.0 Å². The van der Waals surface area contributed by atoms with Crippen LogP contribution in [0.5, 0.6) is 0 Å². The molecule has 0 spiro atoms. The molecular formula is C27H30FN5OS. The smallest absolute Gasteiger partial charge is 0.226 e. The van der Waals surface area contributed by atoms with Gasteiger partial charge >= 0.3 is 0 Å². The van der Waals surface area contributed by atoms with Crippen LogP contribution in [0.25, 0.3) is 0 Å². The molecule has 2 aliphatic rings. The van der Waals surface area contributed by atoms with Crippen molar-refractivity contribution < 1.29 is 9.18 Å². The first kappa shape index (κ1) is 23.5. The number of nitrogens with zero attached hydrogens (tertiary/aromatic N) is 3. The maximum atomic E-state index is 13.2. The van der Waals surface area contributed by atoms with Crippen LogP contribution in [0.1, 0.15) is 68.0 Å². The Morgan fingerprint density at radius 1 is 1.09 bits per heavy atom. The van der Waals surface area contributed by atoms with Crippen molar-refractivity contribution in [3.63, 3.8) is 0 Å². The minimum absolute atomic E-state index is 0.0760. The predicted molar refractivity (Wildman–Crippen MR) is 138 cm³/mol. The first-order valence-electron chi connectivity index (χ1n) is 12.3. The summed E-state index contributed by atoms with van der Waals surface area (Å²) < 4.78 is 15.6. The Hall–Kier alpha value is -3.26. The highest BCUT2D eigenvalue weighted by Gasteiger charge is 2.41. The van der Waals surface area contributed by atoms with Crippen molar-refractivity contribution in [1.29, 1.82) is 0 Å². The van der Waals surface area contributed by atoms with Crippen LogP contribution >= 0.6 is 12.2 Å². The summed E-state index contributed by atoms with van der Waals surface area (Å²) in [6.45, 7) is 0.461. The number of rotatable bonds is 7. The first-order chi connectivity index (χ1) is 17.1. The van der Waals surface area contributed by atoms with Gasteiger partial charge in [-0.05, 0) is 73.6 Å². The lowest BCUT2D eigenvalue weighted by atomic mass is 9.94. The van der Waals surface area contributed by atoms with Gasteiger partial charge in [-0.15, -0.1) is 0 Å². The molecule has 2 unspecified atom stereocenters. The molecule has 8 heteroatoms. The van der Waals surface area contributed by atoms with Gasteiger partial charge < -0.3 is 20.1 Å². The average molecular weight is 492 g/mol. The van der Waals surface area contributed by atoms with Crippen LogP contribution in [0.4, 0.5) is 10.1 Å². The number of anilines is 1. The monoisotopic (exact) mass is 491 g/mol. The second-order valence-electron chi connectivity index (χ2n) is 9.26. The summed E-state index contributed by atoms with van der Waals surface area (Å²) >= 11 is 5.77. The van der Waals surface area contributed by atoms with Crippen molar-refractivity contribution in [3.05, 3.63) is 84.2 Å². The van der Waals surface area contributed by atoms with Crippen molar-refractivity contribution in [2.24, 2.45) is 0 Å². The molecule has 1 saturated carbocycles. The van der Waals surface area contributed by atoms with Gasteiger partial charge in [-0.25, -0.2) is 4.39 Å². The third-order valence-corrected chi connectivity index (χ3v) is 7.34. The van der Waals surface area contributed by atoms with E-state index in [1.807, 2.05) is 18.2 Å². The van der Waals surface area contributed by atoms with Crippen molar-refractivity contribution in [1.82, 2.24) is 19.8 Å². The highest BCUT2D eigenvalue weighted by Crippen LogP contribution is 2.41. The van der Waals surface area contributed by atoms with Crippen molar-refractivity contribution in [2.45, 2.75) is 56.7 Å². The molecular weight excluding hydrogens is 461 g/mol. The third-order valence-electron chi connectivity index (χ3n) is 6.99. The van der Waals surface area contributed by atoms with E-state index in [2.05, 4.69) is 43.4 Å². The average Bonchev–Trinajstić information content (AvgIpc) is 3.49. The molecule has 0 bridgehead atoms. The largest absolute Gasteiger partial charge is 0.352 e. The second kappa shape index (κ2) is 10.6. The van der Waals surface area contributed by atoms with E-state index in [0.29, 0.717) is 23.4 Å². The Labute approximate surface area is 210 Å². The van der Waals surface area contributed by atoms with Crippen LogP contribution in [0.2, 0.25) is 0 Å². The molecule has 2 atom stereocenters. The molecule has 3 heterocycles. The van der Waals surface area contributed by atoms with E-state index in [0.717, 1.165) is 5.69 Å². The van der Waals surface area contributed by atoms with Gasteiger partial charge in [-0.2, -0.15) is 0 Å². The number of amides is 1. The van der Waals surface area contributed by atoms with Crippen LogP contribution in [0.15, 0.2) is 67.0 Å². The standard InChI is InChI=1S/C27H30FN5OS/c28-19-11-13-20(14-12-19)30-24(34)15-18-33-26(25(31-27(33)35)22-9-4-5-16-29-22)23-10-6-17-32(23)21-7-2-1-3-8-21/h4-6,9-14,16-17,21,25-26H,1-3,7-8,15,18H2,(H,30,34)(H,31,35). The minimum Gasteiger partial charge on any atom is -0.352 e. The summed E-state index contributed by atoms with van der Waals surface area (Å²) in [5.41, 5.74) is 2.70. The Morgan fingerprint density at radius 3 is 2.63 bits per heavy atom. The molecule has 182 valence electrons. The summed E-state index contributed by atoms with van der Waals surface area (Å²) in [6, 6.07) is 16.3. The molecule has 35 heavy (non-hydrogen) atoms. The van der Waals surface area contributed by atoms with E-state index in [4.69, 9.17) is 12.2 Å². The summed E-state index contributed by atoms with van der Waals surface area (Å²) in [5.74, 6) is -0.469. The number of aromatic nitrogens is 2. The normalized spacial score (nSPS) is 20.6. The molecule has 1 saturated heterocycles. The summed E-state index contributed by atoms with van der Waals surface area (Å²) in [5, 5.41) is 6.95. The van der Waals surface area contributed by atoms with E-state index < -0.39 is 0 Å². The molecule has 1 aromatic carbocycles. The van der Waals surface area contributed by atoms with Crippen LogP contribution in [-0.2, 0) is 4.79 Å². The molecule has 5 rings (SSSR count). The maximum Gasteiger partial charge on any atom is 0.226 e. The fraction of sp³-hybridized carbons (Fsp3) is 0.370. The van der Waals surface area contributed by atoms with Crippen molar-refractivity contribution in [3.8, 4) is 0 Å². The zero-order valence-corrected chi connectivity index (χ0v) is 20.4. The fourth-order valence-electron chi connectivity index (χ4n) is 5.30. The van der Waals surface area contributed by atoms with Gasteiger partial charge in [0.15, 0.2) is 5.11 Å². The van der Waals surface area contributed by atoms with Gasteiger partial charge in [0.1, 0.15) is 5.82 Å². The lowest BCUT2D eigenvalue weighted by Crippen LogP contribution is -2.33. The number of hydrogen-bond acceptors (Lipinski definition) is 3. The molecule has 1 aliphatic carbocycles. The number of carbonyl (C=O) groups is 1. The number of benzene rings is 1. The molecule has 3 aromatic rings. The highest BCUT2D eigenvalue weighted by molar-refractivity contribution is 7.80.